The van der Waals surface area contributed by atoms with Gasteiger partial charge in [-0.25, -0.2) is 0 Å². The number of imide groups is 1. The van der Waals surface area contributed by atoms with Crippen molar-refractivity contribution in [1.82, 2.24) is 5.32 Å². The SMILES string of the molecule is O=C1C[C@@H](c2ccccc2)C(=O)N1. The normalized spacial score (nSPS) is 21.7. The number of hydrogen-bond donors (Lipinski definition) is 1. The van der Waals surface area contributed by atoms with Crippen molar-refractivity contribution >= 4 is 11.8 Å². The van der Waals surface area contributed by atoms with Gasteiger partial charge in [-0.3, -0.25) is 14.9 Å². The number of carbonyl (C=O) groups excluding carboxylic acids is 2. The van der Waals surface area contributed by atoms with Crippen LogP contribution in [0.5, 0.6) is 0 Å². The van der Waals surface area contributed by atoms with E-state index in [-0.39, 0.29) is 24.2 Å². The lowest BCUT2D eigenvalue weighted by molar-refractivity contribution is -0.125. The molecule has 3 heteroatoms. The summed E-state index contributed by atoms with van der Waals surface area (Å²) < 4.78 is 0. The summed E-state index contributed by atoms with van der Waals surface area (Å²) >= 11 is 0. The second-order valence-corrected chi connectivity index (χ2v) is 3.08. The second kappa shape index (κ2) is 3.01. The first-order chi connectivity index (χ1) is 6.27. The molecular formula is C10H9NO2. The van der Waals surface area contributed by atoms with E-state index in [0.717, 1.165) is 5.56 Å². The molecule has 0 bridgehead atoms. The number of benzene rings is 1. The van der Waals surface area contributed by atoms with E-state index >= 15 is 0 Å². The van der Waals surface area contributed by atoms with E-state index in [2.05, 4.69) is 5.32 Å². The summed E-state index contributed by atoms with van der Waals surface area (Å²) in [5.41, 5.74) is 0.908. The van der Waals surface area contributed by atoms with Crippen LogP contribution in [-0.2, 0) is 9.59 Å². The predicted molar refractivity (Wildman–Crippen MR) is 46.9 cm³/mol. The highest BCUT2D eigenvalue weighted by Gasteiger charge is 2.31. The molecule has 13 heavy (non-hydrogen) atoms. The van der Waals surface area contributed by atoms with Crippen LogP contribution < -0.4 is 5.32 Å². The lowest BCUT2D eigenvalue weighted by atomic mass is 9.98. The van der Waals surface area contributed by atoms with Crippen LogP contribution in [-0.4, -0.2) is 11.8 Å². The van der Waals surface area contributed by atoms with E-state index < -0.39 is 0 Å². The minimum atomic E-state index is -0.284. The Morgan fingerprint density at radius 1 is 1.15 bits per heavy atom. The molecule has 0 spiro atoms. The van der Waals surface area contributed by atoms with Gasteiger partial charge in [0, 0.05) is 6.42 Å². The summed E-state index contributed by atoms with van der Waals surface area (Å²) in [4.78, 5) is 22.2. The smallest absolute Gasteiger partial charge is 0.234 e. The number of carbonyl (C=O) groups is 2. The average Bonchev–Trinajstić information content (AvgIpc) is 2.47. The summed E-state index contributed by atoms with van der Waals surface area (Å²) in [7, 11) is 0. The summed E-state index contributed by atoms with van der Waals surface area (Å²) in [6.07, 6.45) is 0.281. The van der Waals surface area contributed by atoms with Crippen molar-refractivity contribution in [2.75, 3.05) is 0 Å². The molecular weight excluding hydrogens is 166 g/mol. The quantitative estimate of drug-likeness (QED) is 0.642. The predicted octanol–water partition coefficient (Wildman–Crippen LogP) is 0.817. The molecule has 2 amide bonds. The number of hydrogen-bond acceptors (Lipinski definition) is 2. The molecule has 1 aliphatic heterocycles. The minimum Gasteiger partial charge on any atom is -0.296 e. The molecule has 0 radical (unpaired) electrons. The monoisotopic (exact) mass is 175 g/mol. The Labute approximate surface area is 75.8 Å². The third kappa shape index (κ3) is 1.45. The fourth-order valence-corrected chi connectivity index (χ4v) is 1.51. The number of rotatable bonds is 1. The maximum atomic E-state index is 11.3. The van der Waals surface area contributed by atoms with Gasteiger partial charge in [-0.2, -0.15) is 0 Å². The van der Waals surface area contributed by atoms with Crippen LogP contribution in [0.1, 0.15) is 17.9 Å². The Kier molecular flexibility index (Phi) is 1.85. The van der Waals surface area contributed by atoms with Crippen LogP contribution in [0, 0.1) is 0 Å². The van der Waals surface area contributed by atoms with Gasteiger partial charge in [0.1, 0.15) is 0 Å². The molecule has 1 N–H and O–H groups in total. The third-order valence-electron chi connectivity index (χ3n) is 2.17. The van der Waals surface area contributed by atoms with Crippen molar-refractivity contribution in [3.63, 3.8) is 0 Å². The van der Waals surface area contributed by atoms with Crippen LogP contribution in [0.3, 0.4) is 0 Å². The molecule has 1 aromatic carbocycles. The number of amides is 2. The van der Waals surface area contributed by atoms with Crippen LogP contribution in [0.2, 0.25) is 0 Å². The average molecular weight is 175 g/mol. The standard InChI is InChI=1S/C10H9NO2/c12-9-6-8(10(13)11-9)7-4-2-1-3-5-7/h1-5,8H,6H2,(H,11,12,13)/t8-/m0/s1. The van der Waals surface area contributed by atoms with E-state index in [4.69, 9.17) is 0 Å². The van der Waals surface area contributed by atoms with Crippen molar-refractivity contribution < 1.29 is 9.59 Å². The molecule has 0 unspecified atom stereocenters. The Morgan fingerprint density at radius 3 is 2.38 bits per heavy atom. The zero-order valence-electron chi connectivity index (χ0n) is 6.99. The van der Waals surface area contributed by atoms with Gasteiger partial charge in [-0.05, 0) is 5.56 Å². The van der Waals surface area contributed by atoms with Gasteiger partial charge in [0.05, 0.1) is 5.92 Å². The van der Waals surface area contributed by atoms with Crippen molar-refractivity contribution in [2.24, 2.45) is 0 Å². The van der Waals surface area contributed by atoms with Crippen molar-refractivity contribution in [2.45, 2.75) is 12.3 Å². The van der Waals surface area contributed by atoms with E-state index in [1.807, 2.05) is 30.3 Å². The lowest BCUT2D eigenvalue weighted by Crippen LogP contribution is -2.21. The third-order valence-corrected chi connectivity index (χ3v) is 2.17. The van der Waals surface area contributed by atoms with E-state index in [9.17, 15) is 9.59 Å². The highest BCUT2D eigenvalue weighted by Crippen LogP contribution is 2.23. The van der Waals surface area contributed by atoms with Crippen LogP contribution in [0.15, 0.2) is 30.3 Å². The lowest BCUT2D eigenvalue weighted by Gasteiger charge is -2.04. The van der Waals surface area contributed by atoms with Gasteiger partial charge in [-0.15, -0.1) is 0 Å². The van der Waals surface area contributed by atoms with Gasteiger partial charge < -0.3 is 0 Å². The second-order valence-electron chi connectivity index (χ2n) is 3.08. The van der Waals surface area contributed by atoms with E-state index in [0.29, 0.717) is 0 Å². The van der Waals surface area contributed by atoms with E-state index in [1.165, 1.54) is 0 Å². The summed E-state index contributed by atoms with van der Waals surface area (Å²) in [5.74, 6) is -0.649. The first-order valence-electron chi connectivity index (χ1n) is 4.16. The topological polar surface area (TPSA) is 46.2 Å². The summed E-state index contributed by atoms with van der Waals surface area (Å²) in [6.45, 7) is 0. The van der Waals surface area contributed by atoms with Gasteiger partial charge in [-0.1, -0.05) is 30.3 Å². The van der Waals surface area contributed by atoms with Crippen LogP contribution in [0.4, 0.5) is 0 Å². The molecule has 66 valence electrons. The van der Waals surface area contributed by atoms with Gasteiger partial charge in [0.25, 0.3) is 0 Å². The van der Waals surface area contributed by atoms with Gasteiger partial charge >= 0.3 is 0 Å². The minimum absolute atomic E-state index is 0.182. The molecule has 1 aliphatic rings. The molecule has 1 saturated heterocycles. The molecule has 1 fully saturated rings. The summed E-state index contributed by atoms with van der Waals surface area (Å²) in [6, 6.07) is 9.35. The summed E-state index contributed by atoms with van der Waals surface area (Å²) in [5, 5.41) is 2.29. The Balaban J connectivity index is 2.28. The molecule has 1 heterocycles. The van der Waals surface area contributed by atoms with E-state index in [1.54, 1.807) is 0 Å². The zero-order valence-corrected chi connectivity index (χ0v) is 6.99. The van der Waals surface area contributed by atoms with Crippen LogP contribution in [0.25, 0.3) is 0 Å². The van der Waals surface area contributed by atoms with Crippen molar-refractivity contribution in [1.29, 1.82) is 0 Å². The molecule has 0 aliphatic carbocycles. The van der Waals surface area contributed by atoms with Gasteiger partial charge in [0.15, 0.2) is 0 Å². The highest BCUT2D eigenvalue weighted by atomic mass is 16.2. The Bertz CT molecular complexity index is 345. The maximum absolute atomic E-state index is 11.3. The largest absolute Gasteiger partial charge is 0.296 e. The zero-order chi connectivity index (χ0) is 9.26. The highest BCUT2D eigenvalue weighted by molar-refractivity contribution is 6.06. The van der Waals surface area contributed by atoms with Crippen molar-refractivity contribution in [3.05, 3.63) is 35.9 Å². The van der Waals surface area contributed by atoms with Crippen molar-refractivity contribution in [3.8, 4) is 0 Å². The molecule has 0 aromatic heterocycles. The molecule has 0 saturated carbocycles. The molecule has 3 nitrogen and oxygen atoms in total. The molecule has 1 atom stereocenters. The maximum Gasteiger partial charge on any atom is 0.234 e. The first-order valence-corrected chi connectivity index (χ1v) is 4.16. The Morgan fingerprint density at radius 2 is 1.85 bits per heavy atom. The molecule has 2 rings (SSSR count). The fraction of sp³-hybridized carbons (Fsp3) is 0.200. The fourth-order valence-electron chi connectivity index (χ4n) is 1.51. The molecule has 1 aromatic rings. The Hall–Kier alpha value is -1.64. The van der Waals surface area contributed by atoms with Gasteiger partial charge in [0.2, 0.25) is 11.8 Å². The van der Waals surface area contributed by atoms with Crippen LogP contribution >= 0.6 is 0 Å². The number of nitrogens with one attached hydrogen (secondary N) is 1. The first kappa shape index (κ1) is 7.98.